The van der Waals surface area contributed by atoms with Crippen LogP contribution in [0.2, 0.25) is 0 Å². The van der Waals surface area contributed by atoms with Gasteiger partial charge in [-0.3, -0.25) is 14.6 Å². The minimum atomic E-state index is -0.950. The van der Waals surface area contributed by atoms with Crippen LogP contribution in [0.4, 0.5) is 5.69 Å². The Morgan fingerprint density at radius 3 is 2.13 bits per heavy atom. The zero-order chi connectivity index (χ0) is 26.3. The zero-order valence-corrected chi connectivity index (χ0v) is 21.8. The lowest BCUT2D eigenvalue weighted by Gasteiger charge is -2.47. The minimum Gasteiger partial charge on any atom is -0.493 e. The number of nitrogens with zero attached hydrogens (tertiary/aromatic N) is 1. The maximum absolute atomic E-state index is 13.2. The van der Waals surface area contributed by atoms with E-state index in [0.29, 0.717) is 41.5 Å². The van der Waals surface area contributed by atoms with Crippen LogP contribution in [0.3, 0.4) is 0 Å². The number of amides is 2. The van der Waals surface area contributed by atoms with E-state index in [0.717, 1.165) is 36.1 Å². The summed E-state index contributed by atoms with van der Waals surface area (Å²) < 4.78 is 16.9. The van der Waals surface area contributed by atoms with Crippen molar-refractivity contribution < 1.29 is 23.8 Å². The summed E-state index contributed by atoms with van der Waals surface area (Å²) in [5, 5.41) is 7.06. The largest absolute Gasteiger partial charge is 0.493 e. The third kappa shape index (κ3) is 4.42. The van der Waals surface area contributed by atoms with Crippen molar-refractivity contribution in [2.45, 2.75) is 56.9 Å². The second-order valence-electron chi connectivity index (χ2n) is 10.9. The predicted octanol–water partition coefficient (Wildman–Crippen LogP) is 5.60. The van der Waals surface area contributed by atoms with Crippen LogP contribution in [-0.2, 0) is 9.59 Å². The van der Waals surface area contributed by atoms with Crippen molar-refractivity contribution in [1.29, 1.82) is 0 Å². The average Bonchev–Trinajstić information content (AvgIpc) is 3.77. The van der Waals surface area contributed by atoms with Crippen molar-refractivity contribution in [3.8, 4) is 23.0 Å². The molecule has 0 radical (unpaired) electrons. The van der Waals surface area contributed by atoms with Crippen molar-refractivity contribution in [2.24, 2.45) is 11.3 Å². The number of carbonyl (C=O) groups excluding carboxylic acids is 2. The fourth-order valence-corrected chi connectivity index (χ4v) is 6.00. The topological polar surface area (TPSA) is 98.8 Å². The Hall–Kier alpha value is -3.81. The summed E-state index contributed by atoms with van der Waals surface area (Å²) in [5.41, 5.74) is 0.294. The van der Waals surface area contributed by atoms with Crippen LogP contribution in [0.25, 0.3) is 10.9 Å². The number of ether oxygens (including phenoxy) is 3. The van der Waals surface area contributed by atoms with Crippen molar-refractivity contribution >= 4 is 28.4 Å². The highest BCUT2D eigenvalue weighted by Crippen LogP contribution is 2.50. The first-order valence-corrected chi connectivity index (χ1v) is 13.4. The second-order valence-corrected chi connectivity index (χ2v) is 10.9. The van der Waals surface area contributed by atoms with E-state index in [2.05, 4.69) is 15.6 Å². The van der Waals surface area contributed by atoms with E-state index >= 15 is 0 Å². The van der Waals surface area contributed by atoms with Crippen LogP contribution in [-0.4, -0.2) is 36.6 Å². The van der Waals surface area contributed by atoms with Gasteiger partial charge in [-0.05, 0) is 93.7 Å². The van der Waals surface area contributed by atoms with Crippen molar-refractivity contribution in [3.05, 3.63) is 48.7 Å². The molecule has 1 heterocycles. The Kier molecular flexibility index (Phi) is 6.13. The third-order valence-electron chi connectivity index (χ3n) is 8.64. The van der Waals surface area contributed by atoms with Crippen LogP contribution < -0.4 is 24.8 Å². The lowest BCUT2D eigenvalue weighted by atomic mass is 9.65. The summed E-state index contributed by atoms with van der Waals surface area (Å²) in [6.45, 7) is 0. The Labute approximate surface area is 222 Å². The van der Waals surface area contributed by atoms with Crippen molar-refractivity contribution in [3.63, 3.8) is 0 Å². The fraction of sp³-hybridized carbons (Fsp3) is 0.433. The quantitative estimate of drug-likeness (QED) is 0.379. The molecule has 7 rings (SSSR count). The molecule has 4 fully saturated rings. The third-order valence-corrected chi connectivity index (χ3v) is 8.64. The Morgan fingerprint density at radius 1 is 0.842 bits per heavy atom. The molecule has 2 amide bonds. The number of hydrogen-bond acceptors (Lipinski definition) is 6. The maximum Gasteiger partial charge on any atom is 0.240 e. The molecule has 4 saturated carbocycles. The number of methoxy groups -OCH3 is 2. The Morgan fingerprint density at radius 2 is 1.50 bits per heavy atom. The normalized spacial score (nSPS) is 22.9. The van der Waals surface area contributed by atoms with Gasteiger partial charge in [0.25, 0.3) is 0 Å². The highest BCUT2D eigenvalue weighted by molar-refractivity contribution is 6.13. The molecule has 3 aromatic rings. The number of aromatic nitrogens is 1. The number of anilines is 1. The van der Waals surface area contributed by atoms with Gasteiger partial charge in [0.1, 0.15) is 16.9 Å². The van der Waals surface area contributed by atoms with E-state index in [9.17, 15) is 9.59 Å². The molecular weight excluding hydrogens is 482 g/mol. The molecule has 2 aromatic carbocycles. The van der Waals surface area contributed by atoms with Gasteiger partial charge in [-0.1, -0.05) is 0 Å². The van der Waals surface area contributed by atoms with Crippen LogP contribution in [0, 0.1) is 11.3 Å². The smallest absolute Gasteiger partial charge is 0.240 e. The lowest BCUT2D eigenvalue weighted by Crippen LogP contribution is -2.56. The average molecular weight is 516 g/mol. The maximum atomic E-state index is 13.2. The van der Waals surface area contributed by atoms with Gasteiger partial charge in [0, 0.05) is 28.9 Å². The highest BCUT2D eigenvalue weighted by atomic mass is 16.5. The van der Waals surface area contributed by atoms with Crippen LogP contribution in [0.15, 0.2) is 48.7 Å². The lowest BCUT2D eigenvalue weighted by molar-refractivity contribution is -0.136. The minimum absolute atomic E-state index is 0.104. The number of hydrogen-bond donors (Lipinski definition) is 2. The van der Waals surface area contributed by atoms with Crippen molar-refractivity contribution in [2.75, 3.05) is 19.5 Å². The predicted molar refractivity (Wildman–Crippen MR) is 144 cm³/mol. The molecule has 2 N–H and O–H groups in total. The first-order chi connectivity index (χ1) is 18.4. The van der Waals surface area contributed by atoms with Crippen LogP contribution in [0.1, 0.15) is 51.4 Å². The number of fused-ring (bicyclic) bond motifs is 4. The molecule has 0 atom stereocenters. The van der Waals surface area contributed by atoms with Gasteiger partial charge in [0.15, 0.2) is 11.5 Å². The summed E-state index contributed by atoms with van der Waals surface area (Å²) >= 11 is 0. The summed E-state index contributed by atoms with van der Waals surface area (Å²) in [6, 6.07) is 12.6. The van der Waals surface area contributed by atoms with E-state index in [1.807, 2.05) is 12.1 Å². The molecule has 8 nitrogen and oxygen atoms in total. The molecule has 4 aliphatic rings. The molecule has 0 unspecified atom stereocenters. The monoisotopic (exact) mass is 515 g/mol. The molecule has 198 valence electrons. The molecule has 4 aliphatic carbocycles. The summed E-state index contributed by atoms with van der Waals surface area (Å²) in [4.78, 5) is 30.8. The highest BCUT2D eigenvalue weighted by Gasteiger charge is 2.58. The number of carbonyl (C=O) groups is 2. The number of benzene rings is 2. The SMILES string of the molecule is COc1cc2nccc(Oc3ccc(NC(=O)C4(C(=O)NC56CCC(CC5)CC6)CC4)cc3)c2cc1OC. The van der Waals surface area contributed by atoms with E-state index < -0.39 is 5.41 Å². The van der Waals surface area contributed by atoms with Gasteiger partial charge in [-0.25, -0.2) is 0 Å². The number of rotatable bonds is 8. The molecule has 0 aliphatic heterocycles. The van der Waals surface area contributed by atoms with Gasteiger partial charge in [-0.2, -0.15) is 0 Å². The first kappa shape index (κ1) is 24.5. The van der Waals surface area contributed by atoms with Crippen molar-refractivity contribution in [1.82, 2.24) is 10.3 Å². The number of pyridine rings is 1. The van der Waals surface area contributed by atoms with E-state index in [1.165, 1.54) is 19.3 Å². The summed E-state index contributed by atoms with van der Waals surface area (Å²) in [6.07, 6.45) is 9.53. The standard InChI is InChI=1S/C30H33N3O5/c1-36-25-17-22-23(18-26(25)37-2)31-16-10-24(22)38-21-5-3-20(4-6-21)32-27(34)30(14-15-30)28(35)33-29-11-7-19(8-12-29)9-13-29/h3-6,10,16-19H,7-9,11-15H2,1-2H3,(H,32,34)(H,33,35). The summed E-state index contributed by atoms with van der Waals surface area (Å²) in [7, 11) is 3.17. The van der Waals surface area contributed by atoms with Gasteiger partial charge >= 0.3 is 0 Å². The Bertz CT molecular complexity index is 1360. The summed E-state index contributed by atoms with van der Waals surface area (Å²) in [5.74, 6) is 2.90. The first-order valence-electron chi connectivity index (χ1n) is 13.4. The van der Waals surface area contributed by atoms with Gasteiger partial charge in [0.2, 0.25) is 11.8 Å². The molecule has 0 spiro atoms. The molecular formula is C30H33N3O5. The molecule has 38 heavy (non-hydrogen) atoms. The molecule has 8 heteroatoms. The Balaban J connectivity index is 1.13. The van der Waals surface area contributed by atoms with Crippen LogP contribution >= 0.6 is 0 Å². The van der Waals surface area contributed by atoms with Crippen LogP contribution in [0.5, 0.6) is 23.0 Å². The molecule has 1 aromatic heterocycles. The second kappa shape index (κ2) is 9.49. The van der Waals surface area contributed by atoms with Gasteiger partial charge in [0.05, 0.1) is 19.7 Å². The van der Waals surface area contributed by atoms with Gasteiger partial charge in [-0.15, -0.1) is 0 Å². The molecule has 2 bridgehead atoms. The molecule has 0 saturated heterocycles. The fourth-order valence-electron chi connectivity index (χ4n) is 6.00. The van der Waals surface area contributed by atoms with Gasteiger partial charge < -0.3 is 24.8 Å². The zero-order valence-electron chi connectivity index (χ0n) is 21.8. The van der Waals surface area contributed by atoms with E-state index in [1.54, 1.807) is 50.7 Å². The van der Waals surface area contributed by atoms with E-state index in [-0.39, 0.29) is 17.4 Å². The van der Waals surface area contributed by atoms with E-state index in [4.69, 9.17) is 14.2 Å². The number of nitrogens with one attached hydrogen (secondary N) is 2.